The van der Waals surface area contributed by atoms with Crippen LogP contribution >= 0.6 is 0 Å². The van der Waals surface area contributed by atoms with Gasteiger partial charge in [0.2, 0.25) is 70.9 Å². The van der Waals surface area contributed by atoms with Crippen LogP contribution in [0.1, 0.15) is 130 Å². The van der Waals surface area contributed by atoms with E-state index in [4.69, 9.17) is 34.4 Å². The van der Waals surface area contributed by atoms with Crippen molar-refractivity contribution >= 4 is 89.7 Å². The summed E-state index contributed by atoms with van der Waals surface area (Å²) in [5.74, 6) is -6.35. The standard InChI is InChI=1S/3C31H41N6O7.Y/c3*32-14-2-1-4-24(33)31(44)37-16-3-5-27(37)30(43)36-26(19-21-8-12-23(40)13-9-21)29(42)35-25(28(41)34-15-17-38)18-20-6-10-22(39)11-7-20;/h3*6-13,24-27,39-40H,1-5,14-16,18-19,32-33H2,(H,34,41)(H,35,42)(H,36,43);/q3*-1;+3/t2*24-,25-,26-,27?;24-,25-,26-,27+;/m000./s1. The van der Waals surface area contributed by atoms with Gasteiger partial charge < -0.3 is 142 Å². The molecule has 2 unspecified atom stereocenters. The first-order chi connectivity index (χ1) is 63.4. The second-order valence-electron chi connectivity index (χ2n) is 32.4. The van der Waals surface area contributed by atoms with Crippen LogP contribution in [-0.4, -0.2) is 266 Å². The van der Waals surface area contributed by atoms with Gasteiger partial charge in [-0.15, -0.1) is 0 Å². The Balaban J connectivity index is 0.000000306. The molecule has 0 saturated carbocycles. The molecule has 39 nitrogen and oxygen atoms in total. The molecule has 12 atom stereocenters. The van der Waals surface area contributed by atoms with Crippen molar-refractivity contribution in [1.29, 1.82) is 0 Å². The number of amides is 12. The summed E-state index contributed by atoms with van der Waals surface area (Å²) in [6.45, 7) is 1.42. The Kier molecular flexibility index (Phi) is 47.6. The number of rotatable bonds is 48. The summed E-state index contributed by atoms with van der Waals surface area (Å²) in [7, 11) is 0. The van der Waals surface area contributed by atoms with Gasteiger partial charge >= 0.3 is 32.7 Å². The van der Waals surface area contributed by atoms with Crippen LogP contribution in [0, 0.1) is 0 Å². The number of phenolic OH excluding ortho intramolecular Hbond substituents is 6. The number of unbranched alkanes of at least 4 members (excludes halogenated alkanes) is 3. The average Bonchev–Trinajstić information content (AvgIpc) is 1.70. The van der Waals surface area contributed by atoms with Crippen LogP contribution in [0.2, 0.25) is 0 Å². The molecule has 27 N–H and O–H groups in total. The fourth-order valence-electron chi connectivity index (χ4n) is 15.3. The van der Waals surface area contributed by atoms with E-state index in [1.807, 2.05) is 0 Å². The van der Waals surface area contributed by atoms with Gasteiger partial charge in [0.1, 0.15) is 88.9 Å². The van der Waals surface area contributed by atoms with E-state index >= 15 is 0 Å². The number of phenols is 6. The molecule has 0 spiro atoms. The number of aromatic hydroxyl groups is 6. The average molecular weight is 1920 g/mol. The minimum absolute atomic E-state index is 0. The summed E-state index contributed by atoms with van der Waals surface area (Å²) in [4.78, 5) is 196. The van der Waals surface area contributed by atoms with E-state index in [2.05, 4.69) is 47.9 Å². The Morgan fingerprint density at radius 1 is 0.301 bits per heavy atom. The number of nitrogens with two attached hydrogens (primary N) is 6. The molecule has 12 amide bonds. The zero-order valence-corrected chi connectivity index (χ0v) is 77.0. The summed E-state index contributed by atoms with van der Waals surface area (Å²) in [5.41, 5.74) is 38.8. The summed E-state index contributed by atoms with van der Waals surface area (Å²) in [6, 6.07) is 24.9. The second kappa shape index (κ2) is 57.8. The van der Waals surface area contributed by atoms with Crippen molar-refractivity contribution in [3.05, 3.63) is 179 Å². The summed E-state index contributed by atoms with van der Waals surface area (Å²) < 4.78 is 0. The van der Waals surface area contributed by atoms with Gasteiger partial charge in [-0.1, -0.05) is 112 Å². The molecular formula is C93H123N18O21Y. The molecule has 3 saturated heterocycles. The van der Waals surface area contributed by atoms with Crippen molar-refractivity contribution < 1.29 is 135 Å². The van der Waals surface area contributed by atoms with E-state index in [0.717, 1.165) is 19.3 Å². The monoisotopic (exact) mass is 1920 g/mol. The maximum absolute atomic E-state index is 13.7. The number of nitrogens with one attached hydrogen (secondary N) is 9. The normalized spacial score (nSPS) is 16.3. The van der Waals surface area contributed by atoms with Crippen molar-refractivity contribution in [2.24, 2.45) is 34.4 Å². The van der Waals surface area contributed by atoms with Gasteiger partial charge in [-0.25, -0.2) is 18.9 Å². The van der Waals surface area contributed by atoms with Crippen LogP contribution in [0.25, 0.3) is 0 Å². The van der Waals surface area contributed by atoms with Crippen LogP contribution in [-0.2, 0) is 143 Å². The zero-order chi connectivity index (χ0) is 96.2. The van der Waals surface area contributed by atoms with Gasteiger partial charge in [-0.2, -0.15) is 0 Å². The summed E-state index contributed by atoms with van der Waals surface area (Å²) in [5, 5.41) is 81.5. The first-order valence-corrected chi connectivity index (χ1v) is 44.0. The van der Waals surface area contributed by atoms with E-state index in [9.17, 15) is 103 Å². The van der Waals surface area contributed by atoms with Crippen molar-refractivity contribution in [1.82, 2.24) is 62.6 Å². The van der Waals surface area contributed by atoms with Gasteiger partial charge in [-0.05, 0) is 203 Å². The van der Waals surface area contributed by atoms with Gasteiger partial charge in [0.15, 0.2) is 0 Å². The molecule has 6 aromatic carbocycles. The molecule has 3 fully saturated rings. The van der Waals surface area contributed by atoms with E-state index in [-0.39, 0.29) is 143 Å². The van der Waals surface area contributed by atoms with Crippen molar-refractivity contribution in [2.75, 3.05) is 58.9 Å². The predicted molar refractivity (Wildman–Crippen MR) is 485 cm³/mol. The van der Waals surface area contributed by atoms with Crippen LogP contribution in [0.3, 0.4) is 0 Å². The molecule has 9 rings (SSSR count). The third-order valence-electron chi connectivity index (χ3n) is 22.4. The number of likely N-dealkylation sites (tertiary alicyclic amines) is 3. The molecule has 133 heavy (non-hydrogen) atoms. The molecule has 714 valence electrons. The predicted octanol–water partition coefficient (Wildman–Crippen LogP) is -1.43. The zero-order valence-electron chi connectivity index (χ0n) is 74.2. The van der Waals surface area contributed by atoms with Gasteiger partial charge in [0.25, 0.3) is 0 Å². The smallest absolute Gasteiger partial charge is 0.540 e. The third kappa shape index (κ3) is 36.6. The number of hydrogen-bond acceptors (Lipinski definition) is 27. The van der Waals surface area contributed by atoms with E-state index in [0.29, 0.717) is 150 Å². The Morgan fingerprint density at radius 2 is 0.489 bits per heavy atom. The molecule has 0 radical (unpaired) electrons. The van der Waals surface area contributed by atoms with Gasteiger partial charge in [0.05, 0.1) is 18.1 Å². The fraction of sp³-hybridized carbons (Fsp3) is 0.452. The van der Waals surface area contributed by atoms with Crippen LogP contribution in [0.4, 0.5) is 0 Å². The minimum Gasteiger partial charge on any atom is -0.540 e. The quantitative estimate of drug-likeness (QED) is 0.0154. The first kappa shape index (κ1) is 109. The topological polar surface area (TPSA) is 652 Å². The summed E-state index contributed by atoms with van der Waals surface area (Å²) in [6.07, 6.45) is 13.5. The van der Waals surface area contributed by atoms with E-state index in [1.165, 1.54) is 87.5 Å². The fourth-order valence-corrected chi connectivity index (χ4v) is 15.3. The molecule has 3 aliphatic heterocycles. The van der Waals surface area contributed by atoms with Gasteiger partial charge in [-0.3, -0.25) is 57.5 Å². The van der Waals surface area contributed by atoms with Crippen molar-refractivity contribution in [2.45, 2.75) is 207 Å². The van der Waals surface area contributed by atoms with Crippen LogP contribution < -0.4 is 82.3 Å². The Morgan fingerprint density at radius 3 is 0.669 bits per heavy atom. The van der Waals surface area contributed by atoms with Crippen LogP contribution in [0.5, 0.6) is 34.5 Å². The number of carbonyl (C=O) groups excluding carboxylic acids is 15. The molecule has 40 heteroatoms. The second-order valence-corrected chi connectivity index (χ2v) is 32.4. The molecule has 6 aromatic rings. The SMILES string of the molecule is NCCCC[C@H](N)C(=O)N1CCCC1C(=O)N[C@@H](Cc1ccc(O)cc1)C(=O)N[C@@H](Cc1ccc(O)cc1)C(=O)NC[C-]=O.NCCCC[C@H](N)C(=O)N1CCCC1C(=O)N[C@@H](Cc1ccc(O)cc1)C(=O)N[C@@H](Cc1ccc(O)cc1)C(=O)NC[C-]=O.NCCCC[C@H](N)C(=O)N1CCC[C@@H]1C(=O)N[C@@H](Cc1ccc(O)cc1)C(=O)N[C@@H](Cc1ccc(O)cc1)C(=O)NC[C-]=O.[Y+3]. The molecule has 3 heterocycles. The van der Waals surface area contributed by atoms with E-state index in [1.54, 1.807) is 91.7 Å². The van der Waals surface area contributed by atoms with E-state index < -0.39 is 126 Å². The maximum Gasteiger partial charge on any atom is 3.00 e. The minimum atomic E-state index is -1.16. The Hall–Kier alpha value is -12.4. The van der Waals surface area contributed by atoms with Crippen molar-refractivity contribution in [3.8, 4) is 34.5 Å². The third-order valence-corrected chi connectivity index (χ3v) is 22.4. The molecule has 0 bridgehead atoms. The number of hydrogen-bond donors (Lipinski definition) is 21. The van der Waals surface area contributed by atoms with Crippen LogP contribution in [0.15, 0.2) is 146 Å². The Bertz CT molecular complexity index is 4290. The Labute approximate surface area is 796 Å². The molecule has 0 aliphatic carbocycles. The maximum atomic E-state index is 13.7. The molecule has 3 aliphatic rings. The van der Waals surface area contributed by atoms with Crippen molar-refractivity contribution in [3.63, 3.8) is 0 Å². The largest absolute Gasteiger partial charge is 3.00 e. The molecular weight excluding hydrogens is 1790 g/mol. The van der Waals surface area contributed by atoms with Gasteiger partial charge in [0, 0.05) is 58.2 Å². The molecule has 0 aromatic heterocycles. The summed E-state index contributed by atoms with van der Waals surface area (Å²) >= 11 is 0. The number of nitrogens with zero attached hydrogens (tertiary/aromatic N) is 3. The first-order valence-electron chi connectivity index (χ1n) is 44.0. The number of benzene rings is 6. The number of carbonyl (C=O) groups is 12.